The highest BCUT2D eigenvalue weighted by Crippen LogP contribution is 2.27. The monoisotopic (exact) mass is 319 g/mol. The average molecular weight is 319 g/mol. The number of carbonyl (C=O) groups is 2. The Bertz CT molecular complexity index is 570. The first-order valence-electron chi connectivity index (χ1n) is 6.52. The molecule has 0 spiro atoms. The van der Waals surface area contributed by atoms with Crippen molar-refractivity contribution < 1.29 is 32.3 Å². The van der Waals surface area contributed by atoms with E-state index in [2.05, 4.69) is 0 Å². The van der Waals surface area contributed by atoms with Crippen LogP contribution >= 0.6 is 0 Å². The maximum Gasteiger partial charge on any atom is 0.416 e. The van der Waals surface area contributed by atoms with Crippen molar-refractivity contribution in [3.05, 3.63) is 35.6 Å². The molecule has 1 heterocycles. The fourth-order valence-corrected chi connectivity index (χ4v) is 2.28. The topological polar surface area (TPSA) is 57.6 Å². The number of rotatable bonds is 4. The molecule has 0 aliphatic carbocycles. The zero-order valence-electron chi connectivity index (χ0n) is 11.3. The Morgan fingerprint density at radius 2 is 1.82 bits per heavy atom. The largest absolute Gasteiger partial charge is 0.416 e. The van der Waals surface area contributed by atoms with Crippen LogP contribution in [-0.2, 0) is 16.0 Å². The average Bonchev–Trinajstić information content (AvgIpc) is 2.68. The Labute approximate surface area is 123 Å². The third-order valence-corrected chi connectivity index (χ3v) is 3.47. The molecular formula is C14H13F4NO3. The van der Waals surface area contributed by atoms with Gasteiger partial charge in [-0.3, -0.25) is 14.5 Å². The second-order valence-corrected chi connectivity index (χ2v) is 5.13. The van der Waals surface area contributed by atoms with Crippen LogP contribution in [0.15, 0.2) is 24.3 Å². The number of nitrogens with zero attached hydrogens (tertiary/aromatic N) is 1. The number of aliphatic hydroxyl groups excluding tert-OH is 1. The molecule has 0 bridgehead atoms. The van der Waals surface area contributed by atoms with Crippen molar-refractivity contribution in [3.8, 4) is 0 Å². The van der Waals surface area contributed by atoms with E-state index in [-0.39, 0.29) is 12.8 Å². The summed E-state index contributed by atoms with van der Waals surface area (Å²) in [7, 11) is 0. The van der Waals surface area contributed by atoms with E-state index < -0.39 is 42.4 Å². The van der Waals surface area contributed by atoms with Crippen molar-refractivity contribution in [1.29, 1.82) is 0 Å². The minimum atomic E-state index is -4.89. The summed E-state index contributed by atoms with van der Waals surface area (Å²) in [6.07, 6.45) is -7.75. The van der Waals surface area contributed by atoms with Gasteiger partial charge in [-0.15, -0.1) is 0 Å². The molecule has 1 aliphatic heterocycles. The second-order valence-electron chi connectivity index (χ2n) is 5.13. The van der Waals surface area contributed by atoms with E-state index in [1.165, 1.54) is 24.3 Å². The smallest absolute Gasteiger partial charge is 0.382 e. The van der Waals surface area contributed by atoms with Gasteiger partial charge >= 0.3 is 6.18 Å². The lowest BCUT2D eigenvalue weighted by molar-refractivity contribution is -0.207. The van der Waals surface area contributed by atoms with Crippen LogP contribution in [0.25, 0.3) is 0 Å². The van der Waals surface area contributed by atoms with Crippen molar-refractivity contribution >= 4 is 11.8 Å². The van der Waals surface area contributed by atoms with Crippen LogP contribution in [0.1, 0.15) is 12.0 Å². The zero-order chi connectivity index (χ0) is 16.5. The standard InChI is InChI=1S/C14H13F4NO3/c15-10-3-1-8(2-4-10)5-9-6-12(21)19(13(9)22)7-11(20)14(16,17)18/h1-4,9,11,20H,5-7H2. The van der Waals surface area contributed by atoms with Crippen LogP contribution in [0.5, 0.6) is 0 Å². The minimum absolute atomic E-state index is 0.128. The van der Waals surface area contributed by atoms with Crippen LogP contribution in [0.2, 0.25) is 0 Å². The molecule has 2 atom stereocenters. The van der Waals surface area contributed by atoms with Gasteiger partial charge in [0, 0.05) is 6.42 Å². The van der Waals surface area contributed by atoms with Crippen LogP contribution in [0.3, 0.4) is 0 Å². The van der Waals surface area contributed by atoms with E-state index in [0.717, 1.165) is 0 Å². The van der Waals surface area contributed by atoms with E-state index in [1.807, 2.05) is 0 Å². The number of benzene rings is 1. The molecule has 120 valence electrons. The number of alkyl halides is 3. The van der Waals surface area contributed by atoms with Crippen molar-refractivity contribution in [2.45, 2.75) is 25.1 Å². The molecule has 1 fully saturated rings. The van der Waals surface area contributed by atoms with Gasteiger partial charge in [0.05, 0.1) is 12.5 Å². The third kappa shape index (κ3) is 3.62. The van der Waals surface area contributed by atoms with Crippen LogP contribution in [-0.4, -0.2) is 40.6 Å². The molecule has 2 rings (SSSR count). The highest BCUT2D eigenvalue weighted by Gasteiger charge is 2.45. The van der Waals surface area contributed by atoms with Crippen LogP contribution in [0.4, 0.5) is 17.6 Å². The summed E-state index contributed by atoms with van der Waals surface area (Å²) >= 11 is 0. The molecule has 4 nitrogen and oxygen atoms in total. The van der Waals surface area contributed by atoms with Gasteiger partial charge in [0.25, 0.3) is 0 Å². The second kappa shape index (κ2) is 6.04. The first kappa shape index (κ1) is 16.4. The SMILES string of the molecule is O=C1CC(Cc2ccc(F)cc2)C(=O)N1CC(O)C(F)(F)F. The summed E-state index contributed by atoms with van der Waals surface area (Å²) in [5, 5.41) is 8.98. The van der Waals surface area contributed by atoms with Gasteiger partial charge in [0.15, 0.2) is 6.10 Å². The van der Waals surface area contributed by atoms with E-state index in [1.54, 1.807) is 0 Å². The molecule has 1 saturated heterocycles. The number of aliphatic hydroxyl groups is 1. The van der Waals surface area contributed by atoms with Crippen molar-refractivity contribution in [1.82, 2.24) is 4.90 Å². The summed E-state index contributed by atoms with van der Waals surface area (Å²) in [5.74, 6) is -2.75. The Balaban J connectivity index is 2.04. The van der Waals surface area contributed by atoms with Gasteiger partial charge in [0.2, 0.25) is 11.8 Å². The van der Waals surface area contributed by atoms with E-state index in [4.69, 9.17) is 5.11 Å². The summed E-state index contributed by atoms with van der Waals surface area (Å²) in [5.41, 5.74) is 0.603. The quantitative estimate of drug-likeness (QED) is 0.678. The number of hydrogen-bond acceptors (Lipinski definition) is 3. The van der Waals surface area contributed by atoms with Gasteiger partial charge < -0.3 is 5.11 Å². The Kier molecular flexibility index (Phi) is 4.50. The maximum atomic E-state index is 12.8. The molecule has 0 aromatic heterocycles. The lowest BCUT2D eigenvalue weighted by atomic mass is 9.98. The van der Waals surface area contributed by atoms with Crippen LogP contribution in [0, 0.1) is 11.7 Å². The number of imide groups is 1. The summed E-state index contributed by atoms with van der Waals surface area (Å²) in [4.78, 5) is 24.1. The number of likely N-dealkylation sites (tertiary alicyclic amines) is 1. The number of amides is 2. The summed E-state index contributed by atoms with van der Waals surface area (Å²) in [6, 6.07) is 5.28. The van der Waals surface area contributed by atoms with Crippen molar-refractivity contribution in [2.24, 2.45) is 5.92 Å². The number of hydrogen-bond donors (Lipinski definition) is 1. The molecule has 0 saturated carbocycles. The Morgan fingerprint density at radius 1 is 1.23 bits per heavy atom. The van der Waals surface area contributed by atoms with Gasteiger partial charge in [-0.2, -0.15) is 13.2 Å². The van der Waals surface area contributed by atoms with Crippen molar-refractivity contribution in [3.63, 3.8) is 0 Å². The highest BCUT2D eigenvalue weighted by molar-refractivity contribution is 6.03. The Morgan fingerprint density at radius 3 is 2.36 bits per heavy atom. The molecule has 1 aromatic carbocycles. The molecular weight excluding hydrogens is 306 g/mol. The predicted octanol–water partition coefficient (Wildman–Crippen LogP) is 1.67. The predicted molar refractivity (Wildman–Crippen MR) is 67.0 cm³/mol. The van der Waals surface area contributed by atoms with E-state index in [9.17, 15) is 27.2 Å². The number of carbonyl (C=O) groups excluding carboxylic acids is 2. The molecule has 8 heteroatoms. The maximum absolute atomic E-state index is 12.8. The first-order chi connectivity index (χ1) is 10.2. The van der Waals surface area contributed by atoms with Gasteiger partial charge in [0.1, 0.15) is 5.82 Å². The van der Waals surface area contributed by atoms with Crippen LogP contribution < -0.4 is 0 Å². The molecule has 0 radical (unpaired) electrons. The third-order valence-electron chi connectivity index (χ3n) is 3.47. The number of β-amino-alcohol motifs (C(OH)–C–C–N with tert-alkyl or cyclic N) is 1. The first-order valence-corrected chi connectivity index (χ1v) is 6.52. The molecule has 1 aromatic rings. The highest BCUT2D eigenvalue weighted by atomic mass is 19.4. The summed E-state index contributed by atoms with van der Waals surface area (Å²) in [6.45, 7) is -1.10. The normalized spacial score (nSPS) is 20.6. The lowest BCUT2D eigenvalue weighted by Crippen LogP contribution is -2.43. The fraction of sp³-hybridized carbons (Fsp3) is 0.429. The fourth-order valence-electron chi connectivity index (χ4n) is 2.28. The zero-order valence-corrected chi connectivity index (χ0v) is 11.3. The van der Waals surface area contributed by atoms with Crippen molar-refractivity contribution in [2.75, 3.05) is 6.54 Å². The van der Waals surface area contributed by atoms with Gasteiger partial charge in [-0.25, -0.2) is 4.39 Å². The molecule has 2 unspecified atom stereocenters. The van der Waals surface area contributed by atoms with Gasteiger partial charge in [-0.05, 0) is 24.1 Å². The molecule has 1 N–H and O–H groups in total. The Hall–Kier alpha value is -1.96. The molecule has 1 aliphatic rings. The van der Waals surface area contributed by atoms with E-state index >= 15 is 0 Å². The van der Waals surface area contributed by atoms with E-state index in [0.29, 0.717) is 10.5 Å². The molecule has 2 amide bonds. The van der Waals surface area contributed by atoms with Gasteiger partial charge in [-0.1, -0.05) is 12.1 Å². The number of halogens is 4. The minimum Gasteiger partial charge on any atom is -0.382 e. The summed E-state index contributed by atoms with van der Waals surface area (Å²) < 4.78 is 49.7. The molecule has 22 heavy (non-hydrogen) atoms. The lowest BCUT2D eigenvalue weighted by Gasteiger charge is -2.20.